The first-order chi connectivity index (χ1) is 16.0. The molecule has 0 spiro atoms. The summed E-state index contributed by atoms with van der Waals surface area (Å²) in [5.41, 5.74) is 3.47. The summed E-state index contributed by atoms with van der Waals surface area (Å²) in [7, 11) is 1.34. The topological polar surface area (TPSA) is 65.1 Å². The van der Waals surface area contributed by atoms with Crippen molar-refractivity contribution in [2.45, 2.75) is 59.3 Å². The highest BCUT2D eigenvalue weighted by atomic mass is 16.5. The van der Waals surface area contributed by atoms with Crippen LogP contribution in [0.4, 0.5) is 0 Å². The maximum atomic E-state index is 13.4. The fourth-order valence-electron chi connectivity index (χ4n) is 4.27. The molecule has 1 heterocycles. The van der Waals surface area contributed by atoms with Crippen molar-refractivity contribution >= 4 is 18.0 Å². The third-order valence-electron chi connectivity index (χ3n) is 5.98. The van der Waals surface area contributed by atoms with Crippen molar-refractivity contribution in [1.82, 2.24) is 4.90 Å². The lowest BCUT2D eigenvalue weighted by molar-refractivity contribution is -0.136. The van der Waals surface area contributed by atoms with Gasteiger partial charge in [0.25, 0.3) is 5.91 Å². The number of amides is 1. The van der Waals surface area contributed by atoms with Gasteiger partial charge in [-0.3, -0.25) is 4.79 Å². The van der Waals surface area contributed by atoms with Crippen LogP contribution in [0.1, 0.15) is 64.9 Å². The van der Waals surface area contributed by atoms with Crippen LogP contribution in [0.25, 0.3) is 6.08 Å². The highest BCUT2D eigenvalue weighted by Crippen LogP contribution is 2.35. The van der Waals surface area contributed by atoms with Crippen LogP contribution in [-0.4, -0.2) is 43.6 Å². The second-order valence-corrected chi connectivity index (χ2v) is 8.31. The Kier molecular flexibility index (Phi) is 8.75. The van der Waals surface area contributed by atoms with Gasteiger partial charge in [0.2, 0.25) is 0 Å². The van der Waals surface area contributed by atoms with E-state index >= 15 is 0 Å². The molecule has 178 valence electrons. The second kappa shape index (κ2) is 11.7. The van der Waals surface area contributed by atoms with E-state index in [1.54, 1.807) is 11.0 Å². The molecule has 0 saturated carbocycles. The van der Waals surface area contributed by atoms with Gasteiger partial charge in [0.15, 0.2) is 11.5 Å². The minimum absolute atomic E-state index is 0.173. The minimum atomic E-state index is -0.501. The summed E-state index contributed by atoms with van der Waals surface area (Å²) < 4.78 is 16.5. The molecule has 0 atom stereocenters. The van der Waals surface area contributed by atoms with Crippen molar-refractivity contribution in [3.8, 4) is 11.5 Å². The van der Waals surface area contributed by atoms with Crippen LogP contribution in [0.3, 0.4) is 0 Å². The molecule has 6 nitrogen and oxygen atoms in total. The average molecular weight is 454 g/mol. The fourth-order valence-corrected chi connectivity index (χ4v) is 4.27. The van der Waals surface area contributed by atoms with Gasteiger partial charge in [-0.1, -0.05) is 24.6 Å². The van der Waals surface area contributed by atoms with Gasteiger partial charge in [-0.15, -0.1) is 0 Å². The summed E-state index contributed by atoms with van der Waals surface area (Å²) >= 11 is 0. The summed E-state index contributed by atoms with van der Waals surface area (Å²) in [5.74, 6) is 0.612. The Hall–Kier alpha value is -3.02. The number of methoxy groups -OCH3 is 1. The molecule has 1 aromatic carbocycles. The zero-order chi connectivity index (χ0) is 23.8. The minimum Gasteiger partial charge on any atom is -0.490 e. The normalized spacial score (nSPS) is 17.5. The Bertz CT molecular complexity index is 973. The van der Waals surface area contributed by atoms with Crippen LogP contribution in [-0.2, 0) is 14.3 Å². The second-order valence-electron chi connectivity index (χ2n) is 8.31. The molecule has 1 aliphatic heterocycles. The van der Waals surface area contributed by atoms with E-state index in [4.69, 9.17) is 14.2 Å². The molecule has 2 aliphatic rings. The van der Waals surface area contributed by atoms with Crippen molar-refractivity contribution in [1.29, 1.82) is 0 Å². The maximum absolute atomic E-state index is 13.4. The van der Waals surface area contributed by atoms with Crippen LogP contribution in [0.2, 0.25) is 0 Å². The largest absolute Gasteiger partial charge is 0.490 e. The Labute approximate surface area is 196 Å². The first kappa shape index (κ1) is 24.6. The molecule has 0 saturated heterocycles. The molecule has 0 radical (unpaired) electrons. The number of esters is 1. The Morgan fingerprint density at radius 3 is 2.64 bits per heavy atom. The maximum Gasteiger partial charge on any atom is 0.340 e. The number of benzene rings is 1. The van der Waals surface area contributed by atoms with Crippen molar-refractivity contribution < 1.29 is 23.8 Å². The summed E-state index contributed by atoms with van der Waals surface area (Å²) in [5, 5.41) is 0. The highest BCUT2D eigenvalue weighted by Gasteiger charge is 2.36. The Balaban J connectivity index is 1.91. The SMILES string of the molecule is CCCOc1ccc(/C=C2\C(=O)N(CCC3=CCCCC3)C(C)=C2C(=O)OC)cc1OCC. The van der Waals surface area contributed by atoms with Gasteiger partial charge in [0, 0.05) is 12.2 Å². The van der Waals surface area contributed by atoms with Gasteiger partial charge in [-0.2, -0.15) is 0 Å². The van der Waals surface area contributed by atoms with E-state index in [2.05, 4.69) is 6.08 Å². The van der Waals surface area contributed by atoms with E-state index in [1.165, 1.54) is 25.5 Å². The number of allylic oxidation sites excluding steroid dienone is 2. The first-order valence-corrected chi connectivity index (χ1v) is 11.9. The van der Waals surface area contributed by atoms with Gasteiger partial charge in [-0.25, -0.2) is 4.79 Å². The molecular weight excluding hydrogens is 418 g/mol. The standard InChI is InChI=1S/C27H35NO5/c1-5-16-33-23-13-12-21(18-24(23)32-6-2)17-22-25(27(30)31-4)19(3)28(26(22)29)15-14-20-10-8-7-9-11-20/h10,12-13,17-18H,5-9,11,14-16H2,1-4H3/b22-17-. The number of rotatable bonds is 10. The van der Waals surface area contributed by atoms with E-state index < -0.39 is 5.97 Å². The average Bonchev–Trinajstić information content (AvgIpc) is 3.06. The first-order valence-electron chi connectivity index (χ1n) is 11.9. The summed E-state index contributed by atoms with van der Waals surface area (Å²) in [6.45, 7) is 7.42. The number of hydrogen-bond acceptors (Lipinski definition) is 5. The number of carbonyl (C=O) groups is 2. The van der Waals surface area contributed by atoms with Gasteiger partial charge >= 0.3 is 5.97 Å². The predicted octanol–water partition coefficient (Wildman–Crippen LogP) is 5.44. The number of hydrogen-bond donors (Lipinski definition) is 0. The van der Waals surface area contributed by atoms with E-state index in [1.807, 2.05) is 39.0 Å². The van der Waals surface area contributed by atoms with Gasteiger partial charge in [0.1, 0.15) is 0 Å². The lowest BCUT2D eigenvalue weighted by Gasteiger charge is -2.20. The van der Waals surface area contributed by atoms with Crippen LogP contribution < -0.4 is 9.47 Å². The molecule has 6 heteroatoms. The third kappa shape index (κ3) is 5.86. The summed E-state index contributed by atoms with van der Waals surface area (Å²) in [6, 6.07) is 5.55. The van der Waals surface area contributed by atoms with Crippen molar-refractivity contribution in [2.24, 2.45) is 0 Å². The molecular formula is C27H35NO5. The van der Waals surface area contributed by atoms with Gasteiger partial charge < -0.3 is 19.1 Å². The molecule has 1 aliphatic carbocycles. The fraction of sp³-hybridized carbons (Fsp3) is 0.481. The van der Waals surface area contributed by atoms with Crippen LogP contribution in [0.15, 0.2) is 46.7 Å². The van der Waals surface area contributed by atoms with Crippen LogP contribution in [0, 0.1) is 0 Å². The smallest absolute Gasteiger partial charge is 0.340 e. The number of nitrogens with zero attached hydrogens (tertiary/aromatic N) is 1. The molecule has 0 fully saturated rings. The van der Waals surface area contributed by atoms with E-state index in [9.17, 15) is 9.59 Å². The lowest BCUT2D eigenvalue weighted by Crippen LogP contribution is -2.26. The van der Waals surface area contributed by atoms with E-state index in [0.717, 1.165) is 31.2 Å². The quantitative estimate of drug-likeness (QED) is 0.268. The van der Waals surface area contributed by atoms with E-state index in [0.29, 0.717) is 48.1 Å². The third-order valence-corrected chi connectivity index (χ3v) is 5.98. The molecule has 0 N–H and O–H groups in total. The molecule has 0 bridgehead atoms. The van der Waals surface area contributed by atoms with Crippen molar-refractivity contribution in [3.05, 3.63) is 52.3 Å². The van der Waals surface area contributed by atoms with Gasteiger partial charge in [-0.05, 0) is 76.1 Å². The van der Waals surface area contributed by atoms with Crippen molar-refractivity contribution in [2.75, 3.05) is 26.9 Å². The molecule has 0 aromatic heterocycles. The molecule has 0 unspecified atom stereocenters. The molecule has 1 amide bonds. The zero-order valence-corrected chi connectivity index (χ0v) is 20.2. The lowest BCUT2D eigenvalue weighted by atomic mass is 9.97. The van der Waals surface area contributed by atoms with Crippen LogP contribution >= 0.6 is 0 Å². The molecule has 3 rings (SSSR count). The summed E-state index contributed by atoms with van der Waals surface area (Å²) in [6.07, 6.45) is 10.4. The molecule has 33 heavy (non-hydrogen) atoms. The van der Waals surface area contributed by atoms with Gasteiger partial charge in [0.05, 0.1) is 31.5 Å². The zero-order valence-electron chi connectivity index (χ0n) is 20.2. The molecule has 1 aromatic rings. The Morgan fingerprint density at radius 1 is 1.15 bits per heavy atom. The predicted molar refractivity (Wildman–Crippen MR) is 129 cm³/mol. The number of ether oxygens (including phenoxy) is 3. The van der Waals surface area contributed by atoms with Crippen LogP contribution in [0.5, 0.6) is 11.5 Å². The van der Waals surface area contributed by atoms with Crippen molar-refractivity contribution in [3.63, 3.8) is 0 Å². The summed E-state index contributed by atoms with van der Waals surface area (Å²) in [4.78, 5) is 27.7. The highest BCUT2D eigenvalue weighted by molar-refractivity contribution is 6.16. The monoisotopic (exact) mass is 453 g/mol. The number of carbonyl (C=O) groups excluding carboxylic acids is 2. The van der Waals surface area contributed by atoms with E-state index in [-0.39, 0.29) is 5.91 Å². The Morgan fingerprint density at radius 2 is 1.97 bits per heavy atom.